The van der Waals surface area contributed by atoms with Crippen molar-refractivity contribution in [1.29, 1.82) is 0 Å². The van der Waals surface area contributed by atoms with E-state index >= 15 is 0 Å². The van der Waals surface area contributed by atoms with Crippen LogP contribution in [0.2, 0.25) is 0 Å². The predicted molar refractivity (Wildman–Crippen MR) is 78.6 cm³/mol. The van der Waals surface area contributed by atoms with Crippen molar-refractivity contribution in [3.8, 4) is 5.75 Å². The third-order valence-electron chi connectivity index (χ3n) is 3.13. The minimum Gasteiger partial charge on any atom is -0.492 e. The van der Waals surface area contributed by atoms with Crippen molar-refractivity contribution in [3.05, 3.63) is 29.8 Å². The van der Waals surface area contributed by atoms with Crippen LogP contribution in [0.4, 0.5) is 4.79 Å². The average molecular weight is 291 g/mol. The molecule has 1 aliphatic rings. The Hall–Kier alpha value is -2.04. The molecule has 0 aromatic heterocycles. The summed E-state index contributed by atoms with van der Waals surface area (Å²) in [7, 11) is 0. The lowest BCUT2D eigenvalue weighted by atomic mass is 10.0. The minimum atomic E-state index is -0.471. The van der Waals surface area contributed by atoms with Gasteiger partial charge in [-0.3, -0.25) is 4.79 Å². The Morgan fingerprint density at radius 1 is 1.33 bits per heavy atom. The van der Waals surface area contributed by atoms with Gasteiger partial charge in [-0.25, -0.2) is 4.79 Å². The summed E-state index contributed by atoms with van der Waals surface area (Å²) in [5.41, 5.74) is 0.0718. The fourth-order valence-electron chi connectivity index (χ4n) is 2.07. The van der Waals surface area contributed by atoms with Crippen LogP contribution < -0.4 is 4.74 Å². The van der Waals surface area contributed by atoms with Crippen molar-refractivity contribution >= 4 is 12.4 Å². The molecule has 1 aliphatic heterocycles. The van der Waals surface area contributed by atoms with Crippen LogP contribution in [0.5, 0.6) is 5.75 Å². The van der Waals surface area contributed by atoms with Crippen LogP contribution in [0.25, 0.3) is 0 Å². The molecule has 1 heterocycles. The zero-order chi connectivity index (χ0) is 15.5. The standard InChI is InChI=1S/C16H21NO4/c1-16(2,3)21-15(19)17-8-12(9-17)11-20-14-7-5-4-6-13(14)10-18/h4-7,10,12H,8-9,11H2,1-3H3. The van der Waals surface area contributed by atoms with Crippen molar-refractivity contribution in [2.45, 2.75) is 26.4 Å². The van der Waals surface area contributed by atoms with Gasteiger partial charge < -0.3 is 14.4 Å². The van der Waals surface area contributed by atoms with Gasteiger partial charge in [0, 0.05) is 19.0 Å². The van der Waals surface area contributed by atoms with Gasteiger partial charge in [0.15, 0.2) is 6.29 Å². The van der Waals surface area contributed by atoms with E-state index in [-0.39, 0.29) is 12.0 Å². The van der Waals surface area contributed by atoms with Crippen LogP contribution >= 0.6 is 0 Å². The van der Waals surface area contributed by atoms with Gasteiger partial charge in [-0.15, -0.1) is 0 Å². The van der Waals surface area contributed by atoms with Crippen molar-refractivity contribution in [1.82, 2.24) is 4.90 Å². The maximum absolute atomic E-state index is 11.8. The Kier molecular flexibility index (Phi) is 4.50. The summed E-state index contributed by atoms with van der Waals surface area (Å²) in [6.45, 7) is 7.28. The summed E-state index contributed by atoms with van der Waals surface area (Å²) in [4.78, 5) is 24.3. The molecule has 5 heteroatoms. The van der Waals surface area contributed by atoms with Crippen molar-refractivity contribution in [2.75, 3.05) is 19.7 Å². The summed E-state index contributed by atoms with van der Waals surface area (Å²) in [6.07, 6.45) is 0.496. The molecule has 114 valence electrons. The molecule has 0 radical (unpaired) electrons. The minimum absolute atomic E-state index is 0.275. The van der Waals surface area contributed by atoms with E-state index in [9.17, 15) is 9.59 Å². The van der Waals surface area contributed by atoms with Crippen LogP contribution in [0.1, 0.15) is 31.1 Å². The van der Waals surface area contributed by atoms with E-state index in [1.807, 2.05) is 26.8 Å². The van der Waals surface area contributed by atoms with Gasteiger partial charge >= 0.3 is 6.09 Å². The summed E-state index contributed by atoms with van der Waals surface area (Å²) in [5.74, 6) is 0.862. The monoisotopic (exact) mass is 291 g/mol. The Morgan fingerprint density at radius 3 is 2.62 bits per heavy atom. The number of para-hydroxylation sites is 1. The highest BCUT2D eigenvalue weighted by Crippen LogP contribution is 2.22. The largest absolute Gasteiger partial charge is 0.492 e. The van der Waals surface area contributed by atoms with Crippen LogP contribution in [-0.2, 0) is 4.74 Å². The Labute approximate surface area is 124 Å². The number of carbonyl (C=O) groups is 2. The second-order valence-electron chi connectivity index (χ2n) is 6.22. The number of hydrogen-bond acceptors (Lipinski definition) is 4. The van der Waals surface area contributed by atoms with E-state index in [0.717, 1.165) is 6.29 Å². The molecule has 0 atom stereocenters. The van der Waals surface area contributed by atoms with Gasteiger partial charge in [-0.05, 0) is 32.9 Å². The predicted octanol–water partition coefficient (Wildman–Crippen LogP) is 2.74. The number of likely N-dealkylation sites (tertiary alicyclic amines) is 1. The molecular formula is C16H21NO4. The quantitative estimate of drug-likeness (QED) is 0.800. The first kappa shape index (κ1) is 15.4. The molecule has 0 bridgehead atoms. The molecule has 2 rings (SSSR count). The van der Waals surface area contributed by atoms with E-state index in [2.05, 4.69) is 0 Å². The number of carbonyl (C=O) groups excluding carboxylic acids is 2. The molecule has 0 saturated carbocycles. The van der Waals surface area contributed by atoms with Gasteiger partial charge in [0.05, 0.1) is 12.2 Å². The molecule has 0 spiro atoms. The number of rotatable bonds is 4. The molecule has 0 unspecified atom stereocenters. The topological polar surface area (TPSA) is 55.8 Å². The molecule has 1 amide bonds. The van der Waals surface area contributed by atoms with Crippen LogP contribution in [0.3, 0.4) is 0 Å². The van der Waals surface area contributed by atoms with E-state index in [1.54, 1.807) is 23.1 Å². The fourth-order valence-corrected chi connectivity index (χ4v) is 2.07. The zero-order valence-corrected chi connectivity index (χ0v) is 12.7. The molecule has 5 nitrogen and oxygen atoms in total. The van der Waals surface area contributed by atoms with Gasteiger partial charge in [0.25, 0.3) is 0 Å². The van der Waals surface area contributed by atoms with Crippen LogP contribution in [0.15, 0.2) is 24.3 Å². The van der Waals surface area contributed by atoms with Gasteiger partial charge in [0.2, 0.25) is 0 Å². The highest BCUT2D eigenvalue weighted by molar-refractivity contribution is 5.79. The fraction of sp³-hybridized carbons (Fsp3) is 0.500. The summed E-state index contributed by atoms with van der Waals surface area (Å²) >= 11 is 0. The smallest absolute Gasteiger partial charge is 0.410 e. The average Bonchev–Trinajstić information content (AvgIpc) is 2.35. The van der Waals surface area contributed by atoms with Gasteiger partial charge in [-0.2, -0.15) is 0 Å². The normalized spacial score (nSPS) is 15.3. The maximum atomic E-state index is 11.8. The van der Waals surface area contributed by atoms with E-state index < -0.39 is 5.60 Å². The van der Waals surface area contributed by atoms with Crippen molar-refractivity contribution in [3.63, 3.8) is 0 Å². The number of benzene rings is 1. The molecule has 1 aromatic rings. The first-order chi connectivity index (χ1) is 9.89. The molecule has 1 aromatic carbocycles. The lowest BCUT2D eigenvalue weighted by Gasteiger charge is -2.39. The molecule has 1 fully saturated rings. The van der Waals surface area contributed by atoms with Crippen molar-refractivity contribution < 1.29 is 19.1 Å². The van der Waals surface area contributed by atoms with Gasteiger partial charge in [-0.1, -0.05) is 12.1 Å². The Balaban J connectivity index is 1.76. The number of aldehydes is 1. The first-order valence-corrected chi connectivity index (χ1v) is 7.04. The third kappa shape index (κ3) is 4.21. The Bertz CT molecular complexity index is 515. The number of nitrogens with zero attached hydrogens (tertiary/aromatic N) is 1. The van der Waals surface area contributed by atoms with Gasteiger partial charge in [0.1, 0.15) is 11.4 Å². The zero-order valence-electron chi connectivity index (χ0n) is 12.7. The number of ether oxygens (including phenoxy) is 2. The summed E-state index contributed by atoms with van der Waals surface area (Å²) in [6, 6.07) is 7.12. The highest BCUT2D eigenvalue weighted by atomic mass is 16.6. The Morgan fingerprint density at radius 2 is 2.00 bits per heavy atom. The summed E-state index contributed by atoms with van der Waals surface area (Å²) in [5, 5.41) is 0. The van der Waals surface area contributed by atoms with Crippen LogP contribution in [0, 0.1) is 5.92 Å². The number of amides is 1. The lowest BCUT2D eigenvalue weighted by Crippen LogP contribution is -2.53. The molecule has 0 N–H and O–H groups in total. The van der Waals surface area contributed by atoms with E-state index in [1.165, 1.54) is 0 Å². The lowest BCUT2D eigenvalue weighted by molar-refractivity contribution is -0.00782. The molecule has 1 saturated heterocycles. The first-order valence-electron chi connectivity index (χ1n) is 7.04. The van der Waals surface area contributed by atoms with Crippen LogP contribution in [-0.4, -0.2) is 42.6 Å². The van der Waals surface area contributed by atoms with Crippen molar-refractivity contribution in [2.24, 2.45) is 5.92 Å². The second kappa shape index (κ2) is 6.16. The highest BCUT2D eigenvalue weighted by Gasteiger charge is 2.34. The molecule has 0 aliphatic carbocycles. The second-order valence-corrected chi connectivity index (χ2v) is 6.22. The van der Waals surface area contributed by atoms with E-state index in [4.69, 9.17) is 9.47 Å². The SMILES string of the molecule is CC(C)(C)OC(=O)N1CC(COc2ccccc2C=O)C1. The maximum Gasteiger partial charge on any atom is 0.410 e. The molecular weight excluding hydrogens is 270 g/mol. The molecule has 21 heavy (non-hydrogen) atoms. The third-order valence-corrected chi connectivity index (χ3v) is 3.13. The number of hydrogen-bond donors (Lipinski definition) is 0. The summed E-state index contributed by atoms with van der Waals surface area (Å²) < 4.78 is 10.9. The van der Waals surface area contributed by atoms with E-state index in [0.29, 0.717) is 31.0 Å².